The Bertz CT molecular complexity index is 539. The van der Waals surface area contributed by atoms with Gasteiger partial charge < -0.3 is 9.30 Å². The van der Waals surface area contributed by atoms with Crippen molar-refractivity contribution < 1.29 is 8.95 Å². The fourth-order valence-corrected chi connectivity index (χ4v) is 2.63. The number of hydrogen-bond donors (Lipinski definition) is 0. The monoisotopic (exact) mass is 251 g/mol. The topological polar surface area (TPSA) is 57.0 Å². The first kappa shape index (κ1) is 11.8. The van der Waals surface area contributed by atoms with Gasteiger partial charge in [-0.3, -0.25) is 9.19 Å². The van der Waals surface area contributed by atoms with E-state index in [1.54, 1.807) is 42.4 Å². The minimum absolute atomic E-state index is 0.300. The number of pyridine rings is 1. The molecule has 2 aromatic heterocycles. The Morgan fingerprint density at radius 1 is 1.41 bits per heavy atom. The highest BCUT2D eigenvalue weighted by molar-refractivity contribution is 7.84. The van der Waals surface area contributed by atoms with E-state index in [1.807, 2.05) is 7.05 Å². The van der Waals surface area contributed by atoms with E-state index in [4.69, 9.17) is 4.74 Å². The van der Waals surface area contributed by atoms with Crippen molar-refractivity contribution in [2.24, 2.45) is 7.05 Å². The number of methoxy groups -OCH3 is 1. The van der Waals surface area contributed by atoms with Gasteiger partial charge in [0.05, 0.1) is 29.4 Å². The van der Waals surface area contributed by atoms with Crippen LogP contribution in [0, 0.1) is 0 Å². The fourth-order valence-electron chi connectivity index (χ4n) is 1.48. The molecule has 0 fully saturated rings. The van der Waals surface area contributed by atoms with E-state index in [2.05, 4.69) is 9.97 Å². The van der Waals surface area contributed by atoms with Gasteiger partial charge in [-0.25, -0.2) is 4.98 Å². The van der Waals surface area contributed by atoms with Crippen LogP contribution >= 0.6 is 0 Å². The lowest BCUT2D eigenvalue weighted by Gasteiger charge is -2.06. The third-order valence-corrected chi connectivity index (χ3v) is 3.65. The Morgan fingerprint density at radius 3 is 2.88 bits per heavy atom. The molecule has 0 saturated carbocycles. The van der Waals surface area contributed by atoms with Gasteiger partial charge >= 0.3 is 0 Å². The molecule has 6 heteroatoms. The van der Waals surface area contributed by atoms with Crippen LogP contribution in [0.4, 0.5) is 0 Å². The van der Waals surface area contributed by atoms with Crippen LogP contribution in [0.3, 0.4) is 0 Å². The molecule has 2 aromatic rings. The Morgan fingerprint density at radius 2 is 2.24 bits per heavy atom. The zero-order valence-electron chi connectivity index (χ0n) is 9.66. The molecular weight excluding hydrogens is 238 g/mol. The Balaban J connectivity index is 2.22. The van der Waals surface area contributed by atoms with Crippen LogP contribution in [-0.2, 0) is 23.6 Å². The molecule has 2 heterocycles. The summed E-state index contributed by atoms with van der Waals surface area (Å²) in [4.78, 5) is 8.24. The molecule has 1 atom stereocenters. The molecule has 90 valence electrons. The zero-order chi connectivity index (χ0) is 12.3. The van der Waals surface area contributed by atoms with Crippen LogP contribution in [0.15, 0.2) is 35.9 Å². The molecule has 17 heavy (non-hydrogen) atoms. The van der Waals surface area contributed by atoms with Crippen molar-refractivity contribution >= 4 is 10.8 Å². The number of aryl methyl sites for hydroxylation is 1. The zero-order valence-corrected chi connectivity index (χ0v) is 10.5. The van der Waals surface area contributed by atoms with Gasteiger partial charge in [0.2, 0.25) is 0 Å². The predicted octanol–water partition coefficient (Wildman–Crippen LogP) is 1.13. The quantitative estimate of drug-likeness (QED) is 0.817. The van der Waals surface area contributed by atoms with Crippen molar-refractivity contribution in [1.82, 2.24) is 14.5 Å². The molecule has 0 N–H and O–H groups in total. The van der Waals surface area contributed by atoms with Crippen molar-refractivity contribution in [3.05, 3.63) is 36.4 Å². The van der Waals surface area contributed by atoms with Crippen molar-refractivity contribution in [1.29, 1.82) is 0 Å². The number of rotatable bonds is 4. The van der Waals surface area contributed by atoms with E-state index in [-0.39, 0.29) is 0 Å². The first-order valence-corrected chi connectivity index (χ1v) is 6.38. The van der Waals surface area contributed by atoms with Crippen LogP contribution in [0.1, 0.15) is 5.69 Å². The molecule has 0 aliphatic heterocycles. The first-order chi connectivity index (χ1) is 8.22. The van der Waals surface area contributed by atoms with Gasteiger partial charge in [-0.05, 0) is 12.1 Å². The lowest BCUT2D eigenvalue weighted by molar-refractivity contribution is 0.408. The Kier molecular flexibility index (Phi) is 3.53. The van der Waals surface area contributed by atoms with Crippen LogP contribution < -0.4 is 4.74 Å². The Hall–Kier alpha value is -1.69. The highest BCUT2D eigenvalue weighted by atomic mass is 32.2. The molecule has 0 radical (unpaired) electrons. The summed E-state index contributed by atoms with van der Waals surface area (Å²) in [7, 11) is 2.17. The van der Waals surface area contributed by atoms with Gasteiger partial charge in [-0.2, -0.15) is 0 Å². The molecule has 5 nitrogen and oxygen atoms in total. The van der Waals surface area contributed by atoms with Crippen LogP contribution in [0.5, 0.6) is 5.75 Å². The molecule has 0 amide bonds. The summed E-state index contributed by atoms with van der Waals surface area (Å²) in [6, 6.07) is 3.59. The molecule has 0 aliphatic rings. The predicted molar refractivity (Wildman–Crippen MR) is 64.1 cm³/mol. The van der Waals surface area contributed by atoms with E-state index in [1.165, 1.54) is 0 Å². The number of hydrogen-bond acceptors (Lipinski definition) is 4. The van der Waals surface area contributed by atoms with Gasteiger partial charge in [0.25, 0.3) is 0 Å². The van der Waals surface area contributed by atoms with Crippen LogP contribution in [0.25, 0.3) is 0 Å². The maximum Gasteiger partial charge on any atom is 0.199 e. The lowest BCUT2D eigenvalue weighted by atomic mass is 10.3. The molecule has 0 saturated heterocycles. The smallest absolute Gasteiger partial charge is 0.199 e. The Labute approximate surface area is 102 Å². The third-order valence-electron chi connectivity index (χ3n) is 2.32. The normalized spacial score (nSPS) is 12.4. The molecule has 2 rings (SSSR count). The second-order valence-corrected chi connectivity index (χ2v) is 4.81. The SMILES string of the molecule is COc1cccnc1CS(=O)c1nccn1C. The highest BCUT2D eigenvalue weighted by Gasteiger charge is 2.13. The van der Waals surface area contributed by atoms with E-state index < -0.39 is 10.8 Å². The summed E-state index contributed by atoms with van der Waals surface area (Å²) < 4.78 is 19.0. The number of aromatic nitrogens is 3. The van der Waals surface area contributed by atoms with Gasteiger partial charge in [0.15, 0.2) is 5.16 Å². The van der Waals surface area contributed by atoms with Crippen molar-refractivity contribution in [2.45, 2.75) is 10.9 Å². The highest BCUT2D eigenvalue weighted by Crippen LogP contribution is 2.18. The second-order valence-electron chi connectivity index (χ2n) is 3.46. The van der Waals surface area contributed by atoms with Crippen molar-refractivity contribution in [3.8, 4) is 5.75 Å². The summed E-state index contributed by atoms with van der Waals surface area (Å²) >= 11 is 0. The maximum atomic E-state index is 12.1. The molecule has 0 spiro atoms. The molecule has 1 unspecified atom stereocenters. The van der Waals surface area contributed by atoms with Crippen LogP contribution in [0.2, 0.25) is 0 Å². The van der Waals surface area contributed by atoms with Gasteiger partial charge in [-0.1, -0.05) is 0 Å². The van der Waals surface area contributed by atoms with E-state index >= 15 is 0 Å². The van der Waals surface area contributed by atoms with E-state index in [0.717, 1.165) is 0 Å². The lowest BCUT2D eigenvalue weighted by Crippen LogP contribution is -2.06. The fraction of sp³-hybridized carbons (Fsp3) is 0.273. The van der Waals surface area contributed by atoms with Gasteiger partial charge in [0, 0.05) is 25.6 Å². The number of nitrogens with zero attached hydrogens (tertiary/aromatic N) is 3. The van der Waals surface area contributed by atoms with Crippen molar-refractivity contribution in [2.75, 3.05) is 7.11 Å². The minimum Gasteiger partial charge on any atom is -0.495 e. The summed E-state index contributed by atoms with van der Waals surface area (Å²) in [6.07, 6.45) is 5.05. The minimum atomic E-state index is -1.22. The maximum absolute atomic E-state index is 12.1. The summed E-state index contributed by atoms with van der Waals surface area (Å²) in [6.45, 7) is 0. The summed E-state index contributed by atoms with van der Waals surface area (Å²) in [5, 5.41) is 0.540. The van der Waals surface area contributed by atoms with Crippen LogP contribution in [-0.4, -0.2) is 25.9 Å². The average molecular weight is 251 g/mol. The van der Waals surface area contributed by atoms with E-state index in [9.17, 15) is 4.21 Å². The molecular formula is C11H13N3O2S. The number of imidazole rings is 1. The number of ether oxygens (including phenoxy) is 1. The third kappa shape index (κ3) is 2.52. The van der Waals surface area contributed by atoms with Gasteiger partial charge in [-0.15, -0.1) is 0 Å². The van der Waals surface area contributed by atoms with E-state index in [0.29, 0.717) is 22.4 Å². The first-order valence-electron chi connectivity index (χ1n) is 5.06. The van der Waals surface area contributed by atoms with Crippen molar-refractivity contribution in [3.63, 3.8) is 0 Å². The molecule has 0 aliphatic carbocycles. The average Bonchev–Trinajstić information content (AvgIpc) is 2.76. The molecule has 0 aromatic carbocycles. The standard InChI is InChI=1S/C11H13N3O2S/c1-14-7-6-13-11(14)17(15)8-9-10(16-2)4-3-5-12-9/h3-7H,8H2,1-2H3. The second kappa shape index (κ2) is 5.09. The largest absolute Gasteiger partial charge is 0.495 e. The summed E-state index contributed by atoms with van der Waals surface area (Å²) in [5.74, 6) is 0.949. The summed E-state index contributed by atoms with van der Waals surface area (Å²) in [5.41, 5.74) is 0.677. The van der Waals surface area contributed by atoms with Gasteiger partial charge in [0.1, 0.15) is 5.75 Å². The molecule has 0 bridgehead atoms.